The number of hydrogen-bond acceptors (Lipinski definition) is 5. The molecule has 1 saturated heterocycles. The number of fused-ring (bicyclic) bond motifs is 5. The van der Waals surface area contributed by atoms with Crippen LogP contribution >= 0.6 is 23.2 Å². The van der Waals surface area contributed by atoms with Gasteiger partial charge < -0.3 is 0 Å². The first kappa shape index (κ1) is 24.0. The van der Waals surface area contributed by atoms with E-state index in [-0.39, 0.29) is 22.4 Å². The third kappa shape index (κ3) is 3.20. The van der Waals surface area contributed by atoms with Crippen molar-refractivity contribution < 1.29 is 14.4 Å². The molecule has 1 aliphatic carbocycles. The van der Waals surface area contributed by atoms with Gasteiger partial charge in [0, 0.05) is 32.7 Å². The van der Waals surface area contributed by atoms with Gasteiger partial charge in [0.05, 0.1) is 12.3 Å². The summed E-state index contributed by atoms with van der Waals surface area (Å²) in [7, 11) is 0. The van der Waals surface area contributed by atoms with E-state index in [4.69, 9.17) is 28.3 Å². The molecule has 190 valence electrons. The average Bonchev–Trinajstić information content (AvgIpc) is 3.39. The molecule has 4 aromatic carbocycles. The SMILES string of the molecule is O=C(c1ccccc1)[C@@H]1[C@@H](c2ccc(Cl)cc2Cl)C2(C(=O)c3ccccc3C2=O)C2c3ccccc3C=NN21. The second-order valence-corrected chi connectivity index (χ2v) is 10.9. The lowest BCUT2D eigenvalue weighted by atomic mass is 9.63. The van der Waals surface area contributed by atoms with E-state index in [2.05, 4.69) is 0 Å². The highest BCUT2D eigenvalue weighted by molar-refractivity contribution is 6.36. The second-order valence-electron chi connectivity index (χ2n) is 10.0. The second kappa shape index (κ2) is 8.73. The highest BCUT2D eigenvalue weighted by atomic mass is 35.5. The highest BCUT2D eigenvalue weighted by Gasteiger charge is 2.73. The number of rotatable bonds is 3. The van der Waals surface area contributed by atoms with Gasteiger partial charge in [-0.2, -0.15) is 5.10 Å². The molecule has 1 fully saturated rings. The zero-order valence-electron chi connectivity index (χ0n) is 20.4. The lowest BCUT2D eigenvalue weighted by Crippen LogP contribution is -2.44. The maximum Gasteiger partial charge on any atom is 0.187 e. The van der Waals surface area contributed by atoms with E-state index in [1.807, 2.05) is 30.3 Å². The van der Waals surface area contributed by atoms with Crippen LogP contribution in [0, 0.1) is 5.41 Å². The van der Waals surface area contributed by atoms with Crippen molar-refractivity contribution in [3.63, 3.8) is 0 Å². The number of Topliss-reactive ketones (excluding diaryl/α,β-unsaturated/α-hetero) is 3. The van der Waals surface area contributed by atoms with Gasteiger partial charge in [-0.1, -0.05) is 108 Å². The average molecular weight is 551 g/mol. The van der Waals surface area contributed by atoms with Gasteiger partial charge in [0.2, 0.25) is 0 Å². The first-order chi connectivity index (χ1) is 18.9. The highest BCUT2D eigenvalue weighted by Crippen LogP contribution is 2.65. The lowest BCUT2D eigenvalue weighted by Gasteiger charge is -2.36. The zero-order chi connectivity index (χ0) is 26.9. The Bertz CT molecular complexity index is 1700. The van der Waals surface area contributed by atoms with Gasteiger partial charge in [0.15, 0.2) is 17.3 Å². The summed E-state index contributed by atoms with van der Waals surface area (Å²) in [4.78, 5) is 43.8. The third-order valence-corrected chi connectivity index (χ3v) is 8.76. The summed E-state index contributed by atoms with van der Waals surface area (Å²) >= 11 is 13.1. The fourth-order valence-corrected chi connectivity index (χ4v) is 7.17. The fraction of sp³-hybridized carbons (Fsp3) is 0.125. The number of ketones is 3. The Morgan fingerprint density at radius 3 is 2.10 bits per heavy atom. The predicted octanol–water partition coefficient (Wildman–Crippen LogP) is 6.80. The Morgan fingerprint density at radius 1 is 0.769 bits per heavy atom. The van der Waals surface area contributed by atoms with E-state index in [0.717, 1.165) is 11.1 Å². The molecule has 2 heterocycles. The normalized spacial score (nSPS) is 22.1. The molecule has 3 aliphatic rings. The van der Waals surface area contributed by atoms with Crippen LogP contribution in [0.1, 0.15) is 59.7 Å². The molecule has 39 heavy (non-hydrogen) atoms. The number of halogens is 2. The molecule has 0 radical (unpaired) electrons. The van der Waals surface area contributed by atoms with Crippen LogP contribution in [0.15, 0.2) is 102 Å². The zero-order valence-corrected chi connectivity index (χ0v) is 21.9. The van der Waals surface area contributed by atoms with Gasteiger partial charge in [0.25, 0.3) is 0 Å². The van der Waals surface area contributed by atoms with E-state index in [1.165, 1.54) is 0 Å². The minimum absolute atomic E-state index is 0.249. The molecule has 4 aromatic rings. The molecule has 2 aliphatic heterocycles. The summed E-state index contributed by atoms with van der Waals surface area (Å²) in [5, 5.41) is 7.11. The molecule has 0 N–H and O–H groups in total. The van der Waals surface area contributed by atoms with Crippen molar-refractivity contribution in [2.45, 2.75) is 18.0 Å². The molecule has 5 nitrogen and oxygen atoms in total. The number of nitrogens with zero attached hydrogens (tertiary/aromatic N) is 2. The molecule has 1 spiro atoms. The van der Waals surface area contributed by atoms with Crippen molar-refractivity contribution in [3.05, 3.63) is 140 Å². The standard InChI is InChI=1S/C32H20Cl2N2O3/c33-20-14-15-24(25(34)16-20)26-27(28(37)18-8-2-1-3-9-18)36-29(21-11-5-4-10-19(21)17-35-36)32(26)30(38)22-12-6-7-13-23(22)31(32)39/h1-17,26-27,29H/t26-,27+,29?/m1/s1. The van der Waals surface area contributed by atoms with Crippen molar-refractivity contribution in [1.29, 1.82) is 0 Å². The molecule has 0 bridgehead atoms. The smallest absolute Gasteiger partial charge is 0.187 e. The molecular weight excluding hydrogens is 531 g/mol. The summed E-state index contributed by atoms with van der Waals surface area (Å²) < 4.78 is 0. The Kier molecular flexibility index (Phi) is 5.38. The molecular formula is C32H20Cl2N2O3. The third-order valence-electron chi connectivity index (χ3n) is 8.20. The molecule has 0 aromatic heterocycles. The van der Waals surface area contributed by atoms with Crippen molar-refractivity contribution in [1.82, 2.24) is 5.01 Å². The maximum atomic E-state index is 14.7. The molecule has 0 saturated carbocycles. The minimum Gasteiger partial charge on any atom is -0.293 e. The van der Waals surface area contributed by atoms with Crippen LogP contribution in [0.2, 0.25) is 10.0 Å². The van der Waals surface area contributed by atoms with Crippen LogP contribution in [0.25, 0.3) is 0 Å². The summed E-state index contributed by atoms with van der Waals surface area (Å²) in [6.07, 6.45) is 1.69. The van der Waals surface area contributed by atoms with E-state index in [0.29, 0.717) is 27.3 Å². The summed E-state index contributed by atoms with van der Waals surface area (Å²) in [5.74, 6) is -1.84. The summed E-state index contributed by atoms with van der Waals surface area (Å²) in [6, 6.07) is 26.5. The van der Waals surface area contributed by atoms with E-state index >= 15 is 0 Å². The molecule has 7 heteroatoms. The Morgan fingerprint density at radius 2 is 1.41 bits per heavy atom. The largest absolute Gasteiger partial charge is 0.293 e. The van der Waals surface area contributed by atoms with Gasteiger partial charge in [-0.3, -0.25) is 19.4 Å². The lowest BCUT2D eigenvalue weighted by molar-refractivity contribution is 0.0586. The van der Waals surface area contributed by atoms with Gasteiger partial charge in [-0.15, -0.1) is 0 Å². The molecule has 1 unspecified atom stereocenters. The monoisotopic (exact) mass is 550 g/mol. The Balaban J connectivity index is 1.58. The molecule has 0 amide bonds. The van der Waals surface area contributed by atoms with Gasteiger partial charge >= 0.3 is 0 Å². The predicted molar refractivity (Wildman–Crippen MR) is 150 cm³/mol. The van der Waals surface area contributed by atoms with Crippen LogP contribution in [0.5, 0.6) is 0 Å². The number of carbonyl (C=O) groups excluding carboxylic acids is 3. The van der Waals surface area contributed by atoms with Crippen molar-refractivity contribution >= 4 is 46.8 Å². The van der Waals surface area contributed by atoms with Gasteiger partial charge in [-0.25, -0.2) is 0 Å². The summed E-state index contributed by atoms with van der Waals surface area (Å²) in [5.41, 5.74) is 1.54. The topological polar surface area (TPSA) is 66.8 Å². The van der Waals surface area contributed by atoms with Crippen molar-refractivity contribution in [3.8, 4) is 0 Å². The van der Waals surface area contributed by atoms with Crippen LogP contribution in [0.3, 0.4) is 0 Å². The van der Waals surface area contributed by atoms with Gasteiger partial charge in [0.1, 0.15) is 11.5 Å². The number of carbonyl (C=O) groups is 3. The van der Waals surface area contributed by atoms with Crippen molar-refractivity contribution in [2.24, 2.45) is 10.5 Å². The van der Waals surface area contributed by atoms with Crippen LogP contribution < -0.4 is 0 Å². The molecule has 7 rings (SSSR count). The van der Waals surface area contributed by atoms with E-state index < -0.39 is 23.4 Å². The Hall–Kier alpha value is -4.06. The Labute approximate surface area is 234 Å². The molecule has 3 atom stereocenters. The van der Waals surface area contributed by atoms with E-state index in [1.54, 1.807) is 78.0 Å². The maximum absolute atomic E-state index is 14.7. The fourth-order valence-electron chi connectivity index (χ4n) is 6.65. The van der Waals surface area contributed by atoms with Gasteiger partial charge in [-0.05, 0) is 28.8 Å². The van der Waals surface area contributed by atoms with Crippen molar-refractivity contribution in [2.75, 3.05) is 0 Å². The van der Waals surface area contributed by atoms with Crippen LogP contribution in [0.4, 0.5) is 0 Å². The van der Waals surface area contributed by atoms with Crippen LogP contribution in [-0.2, 0) is 0 Å². The first-order valence-electron chi connectivity index (χ1n) is 12.6. The first-order valence-corrected chi connectivity index (χ1v) is 13.3. The summed E-state index contributed by atoms with van der Waals surface area (Å²) in [6.45, 7) is 0. The van der Waals surface area contributed by atoms with E-state index in [9.17, 15) is 14.4 Å². The minimum atomic E-state index is -1.68. The number of benzene rings is 4. The van der Waals surface area contributed by atoms with Crippen LogP contribution in [-0.4, -0.2) is 34.6 Å². The number of hydrogen-bond donors (Lipinski definition) is 0. The quantitative estimate of drug-likeness (QED) is 0.208. The number of hydrazone groups is 1.